The van der Waals surface area contributed by atoms with Crippen molar-refractivity contribution < 1.29 is 4.79 Å². The summed E-state index contributed by atoms with van der Waals surface area (Å²) in [6, 6.07) is 2.03. The van der Waals surface area contributed by atoms with Crippen molar-refractivity contribution in [3.05, 3.63) is 11.8 Å². The number of carbonyl (C=O) groups excluding carboxylic acids is 1. The number of nitrogens with zero attached hydrogens (tertiary/aromatic N) is 2. The second-order valence-corrected chi connectivity index (χ2v) is 6.73. The monoisotopic (exact) mass is 290 g/mol. The Bertz CT molecular complexity index is 510. The lowest BCUT2D eigenvalue weighted by Gasteiger charge is -2.22. The van der Waals surface area contributed by atoms with Crippen LogP contribution in [0, 0.1) is 0 Å². The van der Waals surface area contributed by atoms with Crippen molar-refractivity contribution in [2.45, 2.75) is 69.2 Å². The van der Waals surface area contributed by atoms with Gasteiger partial charge in [-0.2, -0.15) is 5.10 Å². The first-order valence-electron chi connectivity index (χ1n) is 8.23. The Labute approximate surface area is 126 Å². The van der Waals surface area contributed by atoms with Crippen LogP contribution in [0.3, 0.4) is 0 Å². The summed E-state index contributed by atoms with van der Waals surface area (Å²) in [6.45, 7) is 0. The Kier molecular flexibility index (Phi) is 4.02. The summed E-state index contributed by atoms with van der Waals surface area (Å²) in [4.78, 5) is 12.4. The van der Waals surface area contributed by atoms with Gasteiger partial charge in [-0.1, -0.05) is 32.1 Å². The molecule has 21 heavy (non-hydrogen) atoms. The van der Waals surface area contributed by atoms with Gasteiger partial charge in [0.2, 0.25) is 5.91 Å². The molecule has 0 atom stereocenters. The molecule has 5 heteroatoms. The Morgan fingerprint density at radius 3 is 2.62 bits per heavy atom. The van der Waals surface area contributed by atoms with Gasteiger partial charge in [-0.05, 0) is 25.7 Å². The number of anilines is 1. The SMILES string of the molecule is Cn1nc(C2CCCCC2)cc1NC(=O)C1(N)CCCC1. The van der Waals surface area contributed by atoms with Gasteiger partial charge in [0.1, 0.15) is 5.82 Å². The summed E-state index contributed by atoms with van der Waals surface area (Å²) in [7, 11) is 1.89. The highest BCUT2D eigenvalue weighted by Crippen LogP contribution is 2.33. The number of aryl methyl sites for hydroxylation is 1. The Morgan fingerprint density at radius 2 is 1.95 bits per heavy atom. The van der Waals surface area contributed by atoms with Crippen molar-refractivity contribution in [3.63, 3.8) is 0 Å². The zero-order valence-electron chi connectivity index (χ0n) is 12.9. The summed E-state index contributed by atoms with van der Waals surface area (Å²) in [6.07, 6.45) is 9.99. The Hall–Kier alpha value is -1.36. The largest absolute Gasteiger partial charge is 0.317 e. The molecule has 2 aliphatic carbocycles. The summed E-state index contributed by atoms with van der Waals surface area (Å²) >= 11 is 0. The van der Waals surface area contributed by atoms with Gasteiger partial charge in [-0.25, -0.2) is 0 Å². The molecule has 2 aliphatic rings. The number of rotatable bonds is 3. The molecule has 1 aromatic rings. The fraction of sp³-hybridized carbons (Fsp3) is 0.750. The van der Waals surface area contributed by atoms with Crippen molar-refractivity contribution in [2.75, 3.05) is 5.32 Å². The summed E-state index contributed by atoms with van der Waals surface area (Å²) in [5, 5.41) is 7.59. The van der Waals surface area contributed by atoms with Crippen molar-refractivity contribution in [1.82, 2.24) is 9.78 Å². The topological polar surface area (TPSA) is 72.9 Å². The minimum atomic E-state index is -0.685. The highest BCUT2D eigenvalue weighted by atomic mass is 16.2. The van der Waals surface area contributed by atoms with E-state index in [4.69, 9.17) is 5.73 Å². The fourth-order valence-electron chi connectivity index (χ4n) is 3.68. The van der Waals surface area contributed by atoms with Crippen LogP contribution in [-0.4, -0.2) is 21.2 Å². The smallest absolute Gasteiger partial charge is 0.245 e. The van der Waals surface area contributed by atoms with Crippen molar-refractivity contribution in [1.29, 1.82) is 0 Å². The number of hydrogen-bond acceptors (Lipinski definition) is 3. The van der Waals surface area contributed by atoms with Crippen LogP contribution in [0.25, 0.3) is 0 Å². The summed E-state index contributed by atoms with van der Waals surface area (Å²) in [5.41, 5.74) is 6.64. The molecule has 116 valence electrons. The molecule has 2 fully saturated rings. The number of hydrogen-bond donors (Lipinski definition) is 2. The van der Waals surface area contributed by atoms with Crippen molar-refractivity contribution in [3.8, 4) is 0 Å². The molecule has 3 N–H and O–H groups in total. The molecular formula is C16H26N4O. The van der Waals surface area contributed by atoms with Crippen LogP contribution in [0.1, 0.15) is 69.4 Å². The van der Waals surface area contributed by atoms with Gasteiger partial charge in [0, 0.05) is 19.0 Å². The van der Waals surface area contributed by atoms with Crippen LogP contribution in [0.4, 0.5) is 5.82 Å². The van der Waals surface area contributed by atoms with E-state index in [1.54, 1.807) is 4.68 Å². The number of amides is 1. The van der Waals surface area contributed by atoms with Crippen molar-refractivity contribution in [2.24, 2.45) is 12.8 Å². The molecule has 0 unspecified atom stereocenters. The van der Waals surface area contributed by atoms with Gasteiger partial charge in [-0.15, -0.1) is 0 Å². The quantitative estimate of drug-likeness (QED) is 0.899. The maximum atomic E-state index is 12.4. The molecule has 0 bridgehead atoms. The van der Waals surface area contributed by atoms with Gasteiger partial charge in [0.05, 0.1) is 11.2 Å². The molecule has 2 saturated carbocycles. The molecule has 1 amide bonds. The highest BCUT2D eigenvalue weighted by Gasteiger charge is 2.37. The van der Waals surface area contributed by atoms with Crippen LogP contribution in [0.5, 0.6) is 0 Å². The van der Waals surface area contributed by atoms with Gasteiger partial charge in [-0.3, -0.25) is 9.48 Å². The van der Waals surface area contributed by atoms with E-state index < -0.39 is 5.54 Å². The first-order valence-corrected chi connectivity index (χ1v) is 8.23. The Morgan fingerprint density at radius 1 is 1.29 bits per heavy atom. The number of carbonyl (C=O) groups is 1. The van der Waals surface area contributed by atoms with Gasteiger partial charge < -0.3 is 11.1 Å². The normalized spacial score (nSPS) is 22.4. The van der Waals surface area contributed by atoms with E-state index >= 15 is 0 Å². The van der Waals surface area contributed by atoms with Crippen LogP contribution >= 0.6 is 0 Å². The molecule has 0 saturated heterocycles. The molecule has 0 aromatic carbocycles. The number of nitrogens with two attached hydrogens (primary N) is 1. The predicted molar refractivity (Wildman–Crippen MR) is 83.1 cm³/mol. The third kappa shape index (κ3) is 2.98. The molecular weight excluding hydrogens is 264 g/mol. The van der Waals surface area contributed by atoms with Crippen LogP contribution < -0.4 is 11.1 Å². The van der Waals surface area contributed by atoms with E-state index in [1.807, 2.05) is 13.1 Å². The lowest BCUT2D eigenvalue weighted by molar-refractivity contribution is -0.121. The van der Waals surface area contributed by atoms with Gasteiger partial charge in [0.25, 0.3) is 0 Å². The minimum Gasteiger partial charge on any atom is -0.317 e. The van der Waals surface area contributed by atoms with E-state index in [2.05, 4.69) is 10.4 Å². The molecule has 0 spiro atoms. The zero-order valence-corrected chi connectivity index (χ0v) is 12.9. The maximum Gasteiger partial charge on any atom is 0.245 e. The lowest BCUT2D eigenvalue weighted by Crippen LogP contribution is -2.48. The average molecular weight is 290 g/mol. The number of aromatic nitrogens is 2. The maximum absolute atomic E-state index is 12.4. The molecule has 0 aliphatic heterocycles. The second-order valence-electron chi connectivity index (χ2n) is 6.73. The van der Waals surface area contributed by atoms with Crippen LogP contribution in [0.15, 0.2) is 6.07 Å². The lowest BCUT2D eigenvalue weighted by atomic mass is 9.87. The third-order valence-electron chi connectivity index (χ3n) is 5.11. The van der Waals surface area contributed by atoms with Crippen molar-refractivity contribution >= 4 is 11.7 Å². The summed E-state index contributed by atoms with van der Waals surface area (Å²) < 4.78 is 1.78. The van der Waals surface area contributed by atoms with Gasteiger partial charge in [0.15, 0.2) is 0 Å². The molecule has 3 rings (SSSR count). The molecule has 0 radical (unpaired) electrons. The van der Waals surface area contributed by atoms with Crippen LogP contribution in [-0.2, 0) is 11.8 Å². The third-order valence-corrected chi connectivity index (χ3v) is 5.11. The van der Waals surface area contributed by atoms with E-state index in [1.165, 1.54) is 32.1 Å². The standard InChI is InChI=1S/C16H26N4O/c1-20-14(18-15(21)16(17)9-5-6-10-16)11-13(19-20)12-7-3-2-4-8-12/h11-12H,2-10,17H2,1H3,(H,18,21). The molecule has 1 aromatic heterocycles. The van der Waals surface area contributed by atoms with E-state index in [-0.39, 0.29) is 5.91 Å². The average Bonchev–Trinajstić information content (AvgIpc) is 3.08. The molecule has 5 nitrogen and oxygen atoms in total. The predicted octanol–water partition coefficient (Wildman–Crippen LogP) is 2.68. The molecule has 1 heterocycles. The van der Waals surface area contributed by atoms with Crippen LogP contribution in [0.2, 0.25) is 0 Å². The zero-order chi connectivity index (χ0) is 14.9. The van der Waals surface area contributed by atoms with E-state index in [0.29, 0.717) is 5.92 Å². The number of nitrogens with one attached hydrogen (secondary N) is 1. The van der Waals surface area contributed by atoms with E-state index in [0.717, 1.165) is 37.2 Å². The van der Waals surface area contributed by atoms with E-state index in [9.17, 15) is 4.79 Å². The first-order chi connectivity index (χ1) is 10.1. The van der Waals surface area contributed by atoms with Gasteiger partial charge >= 0.3 is 0 Å². The summed E-state index contributed by atoms with van der Waals surface area (Å²) in [5.74, 6) is 1.27. The fourth-order valence-corrected chi connectivity index (χ4v) is 3.68. The first kappa shape index (κ1) is 14.6. The Balaban J connectivity index is 1.70. The second kappa shape index (κ2) is 5.79. The minimum absolute atomic E-state index is 0.0572. The highest BCUT2D eigenvalue weighted by molar-refractivity contribution is 5.97.